The molecule has 1 heterocycles. The van der Waals surface area contributed by atoms with Crippen molar-refractivity contribution < 1.29 is 0 Å². The van der Waals surface area contributed by atoms with E-state index in [-0.39, 0.29) is 6.04 Å². The number of anilines is 1. The molecule has 2 rings (SSSR count). The molecular weight excluding hydrogens is 356 g/mol. The number of nitrogens with zero attached hydrogens (tertiary/aromatic N) is 3. The van der Waals surface area contributed by atoms with Crippen molar-refractivity contribution in [1.29, 1.82) is 0 Å². The maximum absolute atomic E-state index is 4.21. The summed E-state index contributed by atoms with van der Waals surface area (Å²) >= 11 is 0. The Labute approximate surface area is 178 Å². The van der Waals surface area contributed by atoms with E-state index in [2.05, 4.69) is 78.8 Å². The van der Waals surface area contributed by atoms with E-state index in [1.165, 1.54) is 16.8 Å². The van der Waals surface area contributed by atoms with Crippen molar-refractivity contribution in [3.05, 3.63) is 60.8 Å². The summed E-state index contributed by atoms with van der Waals surface area (Å²) in [4.78, 5) is 7.41. The number of allylic oxidation sites excluding steroid dienone is 1. The Morgan fingerprint density at radius 1 is 1.21 bits per heavy atom. The van der Waals surface area contributed by atoms with Gasteiger partial charge >= 0.3 is 0 Å². The van der Waals surface area contributed by atoms with Gasteiger partial charge < -0.3 is 10.2 Å². The van der Waals surface area contributed by atoms with E-state index in [1.54, 1.807) is 0 Å². The van der Waals surface area contributed by atoms with E-state index in [0.717, 1.165) is 51.3 Å². The second-order valence-corrected chi connectivity index (χ2v) is 8.28. The summed E-state index contributed by atoms with van der Waals surface area (Å²) in [6, 6.07) is 7.74. The van der Waals surface area contributed by atoms with Crippen LogP contribution in [-0.4, -0.2) is 62.2 Å². The zero-order chi connectivity index (χ0) is 21.4. The molecule has 1 unspecified atom stereocenters. The van der Waals surface area contributed by atoms with E-state index in [9.17, 15) is 0 Å². The number of nitrogens with one attached hydrogen (secondary N) is 1. The number of benzene rings is 1. The van der Waals surface area contributed by atoms with Crippen LogP contribution in [0.25, 0.3) is 6.08 Å². The lowest BCUT2D eigenvalue weighted by atomic mass is 10.0. The average Bonchev–Trinajstić information content (AvgIpc) is 2.74. The first-order valence-corrected chi connectivity index (χ1v) is 10.8. The number of hydrogen-bond donors (Lipinski definition) is 1. The van der Waals surface area contributed by atoms with Gasteiger partial charge in [-0.15, -0.1) is 6.58 Å². The van der Waals surface area contributed by atoms with E-state index < -0.39 is 0 Å². The first kappa shape index (κ1) is 23.2. The van der Waals surface area contributed by atoms with Crippen LogP contribution in [0.5, 0.6) is 0 Å². The normalized spacial score (nSPS) is 16.1. The van der Waals surface area contributed by atoms with Gasteiger partial charge in [0, 0.05) is 63.2 Å². The Balaban J connectivity index is 2.11. The second kappa shape index (κ2) is 11.2. The Hall–Kier alpha value is -2.04. The lowest BCUT2D eigenvalue weighted by molar-refractivity contribution is 0.209. The maximum atomic E-state index is 4.21. The van der Waals surface area contributed by atoms with Gasteiger partial charge in [-0.1, -0.05) is 31.4 Å². The SMILES string of the molecule is C=CCCC(C(=C)NC)N(C)Cc1ccc(N2CCN(C(C)C)CC2)cc1C=C. The summed E-state index contributed by atoms with van der Waals surface area (Å²) in [5.74, 6) is 0. The highest BCUT2D eigenvalue weighted by molar-refractivity contribution is 5.61. The lowest BCUT2D eigenvalue weighted by Crippen LogP contribution is -2.48. The minimum absolute atomic E-state index is 0.277. The minimum atomic E-state index is 0.277. The van der Waals surface area contributed by atoms with Crippen LogP contribution in [-0.2, 0) is 6.54 Å². The molecule has 1 atom stereocenters. The number of likely N-dealkylation sites (N-methyl/N-ethyl adjacent to an activating group) is 2. The van der Waals surface area contributed by atoms with Gasteiger partial charge in [-0.05, 0) is 57.0 Å². The topological polar surface area (TPSA) is 21.8 Å². The van der Waals surface area contributed by atoms with Crippen LogP contribution in [0.3, 0.4) is 0 Å². The number of rotatable bonds is 11. The Kier molecular flexibility index (Phi) is 8.99. The smallest absolute Gasteiger partial charge is 0.0492 e. The van der Waals surface area contributed by atoms with Crippen molar-refractivity contribution in [3.63, 3.8) is 0 Å². The molecule has 0 bridgehead atoms. The summed E-state index contributed by atoms with van der Waals surface area (Å²) in [6.45, 7) is 22.0. The summed E-state index contributed by atoms with van der Waals surface area (Å²) < 4.78 is 0. The van der Waals surface area contributed by atoms with E-state index >= 15 is 0 Å². The summed E-state index contributed by atoms with van der Waals surface area (Å²) in [7, 11) is 4.11. The van der Waals surface area contributed by atoms with Gasteiger partial charge in [0.15, 0.2) is 0 Å². The Morgan fingerprint density at radius 2 is 1.90 bits per heavy atom. The second-order valence-electron chi connectivity index (χ2n) is 8.28. The molecule has 1 fully saturated rings. The zero-order valence-electron chi connectivity index (χ0n) is 19.0. The summed E-state index contributed by atoms with van der Waals surface area (Å²) in [6.07, 6.45) is 5.96. The molecule has 160 valence electrons. The van der Waals surface area contributed by atoms with Crippen molar-refractivity contribution >= 4 is 11.8 Å². The minimum Gasteiger partial charge on any atom is -0.391 e. The highest BCUT2D eigenvalue weighted by Gasteiger charge is 2.21. The molecular formula is C25H40N4. The van der Waals surface area contributed by atoms with Gasteiger partial charge in [0.25, 0.3) is 0 Å². The van der Waals surface area contributed by atoms with Gasteiger partial charge in [0.2, 0.25) is 0 Å². The highest BCUT2D eigenvalue weighted by atomic mass is 15.3. The molecule has 0 amide bonds. The van der Waals surface area contributed by atoms with Gasteiger partial charge in [-0.2, -0.15) is 0 Å². The molecule has 0 aliphatic carbocycles. The lowest BCUT2D eigenvalue weighted by Gasteiger charge is -2.38. The van der Waals surface area contributed by atoms with Crippen LogP contribution < -0.4 is 10.2 Å². The standard InChI is InChI=1S/C25H40N4/c1-8-10-11-25(21(5)26-6)27(7)19-23-12-13-24(18-22(23)9-2)29-16-14-28(15-17-29)20(3)4/h8-9,12-13,18,20,25-26H,1-2,5,10-11,14-17,19H2,3-4,6-7H3. The first-order valence-electron chi connectivity index (χ1n) is 10.8. The molecule has 29 heavy (non-hydrogen) atoms. The zero-order valence-corrected chi connectivity index (χ0v) is 19.0. The Bertz CT molecular complexity index is 686. The van der Waals surface area contributed by atoms with E-state index in [4.69, 9.17) is 0 Å². The van der Waals surface area contributed by atoms with E-state index in [0.29, 0.717) is 6.04 Å². The maximum Gasteiger partial charge on any atom is 0.0492 e. The Morgan fingerprint density at radius 3 is 2.45 bits per heavy atom. The van der Waals surface area contributed by atoms with E-state index in [1.807, 2.05) is 19.2 Å². The fourth-order valence-corrected chi connectivity index (χ4v) is 4.09. The van der Waals surface area contributed by atoms with Crippen LogP contribution in [0.15, 0.2) is 49.7 Å². The predicted molar refractivity (Wildman–Crippen MR) is 128 cm³/mol. The monoisotopic (exact) mass is 396 g/mol. The van der Waals surface area contributed by atoms with Crippen LogP contribution in [0.4, 0.5) is 5.69 Å². The van der Waals surface area contributed by atoms with Crippen molar-refractivity contribution in [2.45, 2.75) is 45.3 Å². The van der Waals surface area contributed by atoms with Gasteiger partial charge in [-0.3, -0.25) is 9.80 Å². The van der Waals surface area contributed by atoms with Crippen LogP contribution in [0.1, 0.15) is 37.8 Å². The van der Waals surface area contributed by atoms with Gasteiger partial charge in [-0.25, -0.2) is 0 Å². The molecule has 0 aromatic heterocycles. The molecule has 4 heteroatoms. The van der Waals surface area contributed by atoms with Crippen LogP contribution in [0.2, 0.25) is 0 Å². The average molecular weight is 397 g/mol. The molecule has 1 saturated heterocycles. The van der Waals surface area contributed by atoms with Gasteiger partial charge in [0.05, 0.1) is 0 Å². The third kappa shape index (κ3) is 6.22. The fraction of sp³-hybridized carbons (Fsp3) is 0.520. The number of hydrogen-bond acceptors (Lipinski definition) is 4. The highest BCUT2D eigenvalue weighted by Crippen LogP contribution is 2.25. The van der Waals surface area contributed by atoms with Crippen LogP contribution >= 0.6 is 0 Å². The first-order chi connectivity index (χ1) is 13.9. The third-order valence-electron chi connectivity index (χ3n) is 6.08. The predicted octanol–water partition coefficient (Wildman–Crippen LogP) is 4.36. The molecule has 0 spiro atoms. The van der Waals surface area contributed by atoms with Crippen molar-refractivity contribution in [2.75, 3.05) is 45.2 Å². The summed E-state index contributed by atoms with van der Waals surface area (Å²) in [5.41, 5.74) is 4.88. The molecule has 4 nitrogen and oxygen atoms in total. The van der Waals surface area contributed by atoms with Crippen molar-refractivity contribution in [2.24, 2.45) is 0 Å². The molecule has 1 aromatic carbocycles. The molecule has 0 saturated carbocycles. The van der Waals surface area contributed by atoms with Crippen molar-refractivity contribution in [1.82, 2.24) is 15.1 Å². The molecule has 1 aliphatic heterocycles. The molecule has 1 aromatic rings. The summed E-state index contributed by atoms with van der Waals surface area (Å²) in [5, 5.41) is 3.23. The van der Waals surface area contributed by atoms with Crippen molar-refractivity contribution in [3.8, 4) is 0 Å². The third-order valence-corrected chi connectivity index (χ3v) is 6.08. The number of piperazine rings is 1. The molecule has 1 aliphatic rings. The largest absolute Gasteiger partial charge is 0.391 e. The fourth-order valence-electron chi connectivity index (χ4n) is 4.09. The quantitative estimate of drug-likeness (QED) is 0.561. The van der Waals surface area contributed by atoms with Crippen LogP contribution in [0, 0.1) is 0 Å². The molecule has 1 N–H and O–H groups in total. The molecule has 0 radical (unpaired) electrons. The van der Waals surface area contributed by atoms with Gasteiger partial charge in [0.1, 0.15) is 0 Å².